The first kappa shape index (κ1) is 18.4. The van der Waals surface area contributed by atoms with Gasteiger partial charge in [0.1, 0.15) is 5.82 Å². The zero-order chi connectivity index (χ0) is 20.5. The molecule has 152 valence electrons. The lowest BCUT2D eigenvalue weighted by Crippen LogP contribution is -2.30. The van der Waals surface area contributed by atoms with Gasteiger partial charge in [-0.05, 0) is 24.3 Å². The molecule has 0 fully saturated rings. The Balaban J connectivity index is 1.21. The molecule has 2 aromatic carbocycles. The summed E-state index contributed by atoms with van der Waals surface area (Å²) in [6, 6.07) is 11.3. The van der Waals surface area contributed by atoms with Crippen LogP contribution in [0.3, 0.4) is 0 Å². The minimum Gasteiger partial charge on any atom is -0.454 e. The van der Waals surface area contributed by atoms with Gasteiger partial charge in [-0.3, -0.25) is 0 Å². The molecule has 1 aliphatic rings. The fourth-order valence-corrected chi connectivity index (χ4v) is 3.96. The topological polar surface area (TPSA) is 89.8 Å². The summed E-state index contributed by atoms with van der Waals surface area (Å²) in [6.07, 6.45) is 0.550. The molecule has 0 saturated heterocycles. The fraction of sp³-hybridized carbons (Fsp3) is 0.150. The van der Waals surface area contributed by atoms with Crippen molar-refractivity contribution in [3.8, 4) is 22.9 Å². The molecule has 0 radical (unpaired) electrons. The van der Waals surface area contributed by atoms with E-state index >= 15 is 0 Å². The Morgan fingerprint density at radius 3 is 2.97 bits per heavy atom. The van der Waals surface area contributed by atoms with Crippen molar-refractivity contribution in [1.82, 2.24) is 19.9 Å². The molecule has 0 spiro atoms. The average Bonchev–Trinajstić information content (AvgIpc) is 3.44. The van der Waals surface area contributed by atoms with Crippen LogP contribution in [0.4, 0.5) is 14.9 Å². The molecular formula is C20H16FN5O3S. The van der Waals surface area contributed by atoms with Crippen LogP contribution in [0.1, 0.15) is 5.69 Å². The molecule has 2 amide bonds. The lowest BCUT2D eigenvalue weighted by molar-refractivity contribution is 0.174. The minimum absolute atomic E-state index is 0.182. The Hall–Kier alpha value is -3.66. The van der Waals surface area contributed by atoms with Gasteiger partial charge in [-0.1, -0.05) is 12.1 Å². The van der Waals surface area contributed by atoms with E-state index < -0.39 is 0 Å². The molecule has 0 bridgehead atoms. The molecule has 5 rings (SSSR count). The number of hydrogen-bond donors (Lipinski definition) is 2. The van der Waals surface area contributed by atoms with Gasteiger partial charge in [0.15, 0.2) is 17.3 Å². The predicted molar refractivity (Wildman–Crippen MR) is 110 cm³/mol. The van der Waals surface area contributed by atoms with E-state index in [0.29, 0.717) is 46.5 Å². The number of rotatable bonds is 5. The van der Waals surface area contributed by atoms with E-state index in [1.165, 1.54) is 17.4 Å². The van der Waals surface area contributed by atoms with Gasteiger partial charge in [0.2, 0.25) is 11.8 Å². The van der Waals surface area contributed by atoms with Gasteiger partial charge < -0.3 is 20.1 Å². The number of nitrogens with zero attached hydrogens (tertiary/aromatic N) is 3. The van der Waals surface area contributed by atoms with E-state index in [0.717, 1.165) is 5.69 Å². The van der Waals surface area contributed by atoms with E-state index in [1.807, 2.05) is 5.38 Å². The number of ether oxygens (including phenoxy) is 2. The van der Waals surface area contributed by atoms with Gasteiger partial charge in [0, 0.05) is 30.1 Å². The first-order valence-corrected chi connectivity index (χ1v) is 10.1. The highest BCUT2D eigenvalue weighted by atomic mass is 32.1. The SMILES string of the molecule is O=C(NCCc1csc2nc(-c3ccccc3F)nn12)Nc1ccc2c(c1)OCO2. The molecule has 0 saturated carbocycles. The van der Waals surface area contributed by atoms with Crippen LogP contribution in [0.5, 0.6) is 11.5 Å². The normalized spacial score (nSPS) is 12.3. The number of fused-ring (bicyclic) bond motifs is 2. The van der Waals surface area contributed by atoms with Crippen molar-refractivity contribution in [1.29, 1.82) is 0 Å². The number of aromatic nitrogens is 3. The van der Waals surface area contributed by atoms with E-state index in [-0.39, 0.29) is 18.6 Å². The third-order valence-electron chi connectivity index (χ3n) is 4.56. The number of amides is 2. The molecule has 2 N–H and O–H groups in total. The molecule has 4 aromatic rings. The van der Waals surface area contributed by atoms with Gasteiger partial charge >= 0.3 is 6.03 Å². The summed E-state index contributed by atoms with van der Waals surface area (Å²) < 4.78 is 26.2. The number of halogens is 1. The summed E-state index contributed by atoms with van der Waals surface area (Å²) >= 11 is 1.42. The van der Waals surface area contributed by atoms with Crippen LogP contribution in [0.15, 0.2) is 47.8 Å². The lowest BCUT2D eigenvalue weighted by atomic mass is 10.2. The lowest BCUT2D eigenvalue weighted by Gasteiger charge is -2.08. The molecular weight excluding hydrogens is 409 g/mol. The highest BCUT2D eigenvalue weighted by Crippen LogP contribution is 2.34. The highest BCUT2D eigenvalue weighted by Gasteiger charge is 2.15. The van der Waals surface area contributed by atoms with E-state index in [9.17, 15) is 9.18 Å². The third kappa shape index (κ3) is 3.52. The monoisotopic (exact) mass is 425 g/mol. The smallest absolute Gasteiger partial charge is 0.319 e. The molecule has 3 heterocycles. The van der Waals surface area contributed by atoms with Crippen LogP contribution in [-0.2, 0) is 6.42 Å². The van der Waals surface area contributed by atoms with Crippen LogP contribution in [-0.4, -0.2) is 34.0 Å². The molecule has 10 heteroatoms. The number of carbonyl (C=O) groups is 1. The number of hydrogen-bond acceptors (Lipinski definition) is 6. The first-order chi connectivity index (χ1) is 14.7. The average molecular weight is 425 g/mol. The van der Waals surface area contributed by atoms with Gasteiger partial charge in [-0.25, -0.2) is 13.7 Å². The minimum atomic E-state index is -0.362. The summed E-state index contributed by atoms with van der Waals surface area (Å²) in [5.74, 6) is 1.24. The second-order valence-electron chi connectivity index (χ2n) is 6.54. The van der Waals surface area contributed by atoms with Crippen molar-refractivity contribution in [2.75, 3.05) is 18.7 Å². The van der Waals surface area contributed by atoms with Crippen molar-refractivity contribution < 1.29 is 18.7 Å². The molecule has 0 aliphatic carbocycles. The van der Waals surface area contributed by atoms with Crippen molar-refractivity contribution in [3.63, 3.8) is 0 Å². The quantitative estimate of drug-likeness (QED) is 0.509. The summed E-state index contributed by atoms with van der Waals surface area (Å²) in [4.78, 5) is 17.2. The summed E-state index contributed by atoms with van der Waals surface area (Å²) in [7, 11) is 0. The maximum Gasteiger partial charge on any atom is 0.319 e. The number of benzene rings is 2. The maximum absolute atomic E-state index is 14.0. The van der Waals surface area contributed by atoms with Crippen LogP contribution in [0, 0.1) is 5.82 Å². The largest absolute Gasteiger partial charge is 0.454 e. The van der Waals surface area contributed by atoms with E-state index in [2.05, 4.69) is 20.7 Å². The zero-order valence-corrected chi connectivity index (χ0v) is 16.4. The number of anilines is 1. The molecule has 2 aromatic heterocycles. The third-order valence-corrected chi connectivity index (χ3v) is 5.43. The van der Waals surface area contributed by atoms with Gasteiger partial charge in [-0.15, -0.1) is 16.4 Å². The van der Waals surface area contributed by atoms with Crippen LogP contribution in [0.25, 0.3) is 16.3 Å². The van der Waals surface area contributed by atoms with E-state index in [1.54, 1.807) is 40.9 Å². The van der Waals surface area contributed by atoms with Crippen LogP contribution >= 0.6 is 11.3 Å². The highest BCUT2D eigenvalue weighted by molar-refractivity contribution is 7.15. The standard InChI is InChI=1S/C20H16FN5O3S/c21-15-4-2-1-3-14(15)18-24-20-26(25-18)13(10-30-20)7-8-22-19(27)23-12-5-6-16-17(9-12)29-11-28-16/h1-6,9-10H,7-8,11H2,(H2,22,23,27). The van der Waals surface area contributed by atoms with Crippen molar-refractivity contribution in [2.24, 2.45) is 0 Å². The zero-order valence-electron chi connectivity index (χ0n) is 15.6. The van der Waals surface area contributed by atoms with Crippen molar-refractivity contribution >= 4 is 28.0 Å². The Labute approximate surface area is 174 Å². The van der Waals surface area contributed by atoms with Gasteiger partial charge in [0.05, 0.1) is 11.3 Å². The first-order valence-electron chi connectivity index (χ1n) is 9.20. The molecule has 8 nitrogen and oxygen atoms in total. The fourth-order valence-electron chi connectivity index (χ4n) is 3.11. The molecule has 30 heavy (non-hydrogen) atoms. The van der Waals surface area contributed by atoms with Crippen LogP contribution in [0.2, 0.25) is 0 Å². The molecule has 0 unspecified atom stereocenters. The predicted octanol–water partition coefficient (Wildman–Crippen LogP) is 3.69. The van der Waals surface area contributed by atoms with Crippen LogP contribution < -0.4 is 20.1 Å². The van der Waals surface area contributed by atoms with Gasteiger partial charge in [0.25, 0.3) is 0 Å². The Morgan fingerprint density at radius 2 is 2.07 bits per heavy atom. The van der Waals surface area contributed by atoms with Gasteiger partial charge in [-0.2, -0.15) is 4.98 Å². The summed E-state index contributed by atoms with van der Waals surface area (Å²) in [6.45, 7) is 0.581. The summed E-state index contributed by atoms with van der Waals surface area (Å²) in [5.41, 5.74) is 1.86. The second-order valence-corrected chi connectivity index (χ2v) is 7.37. The molecule has 0 atom stereocenters. The maximum atomic E-state index is 14.0. The second kappa shape index (κ2) is 7.64. The summed E-state index contributed by atoms with van der Waals surface area (Å²) in [5, 5.41) is 11.9. The Kier molecular flexibility index (Phi) is 4.68. The van der Waals surface area contributed by atoms with Crippen molar-refractivity contribution in [2.45, 2.75) is 6.42 Å². The number of thiazole rings is 1. The number of nitrogens with one attached hydrogen (secondary N) is 2. The number of carbonyl (C=O) groups excluding carboxylic acids is 1. The van der Waals surface area contributed by atoms with E-state index in [4.69, 9.17) is 9.47 Å². The Bertz CT molecular complexity index is 1240. The Morgan fingerprint density at radius 1 is 1.20 bits per heavy atom. The molecule has 1 aliphatic heterocycles. The number of urea groups is 1. The van der Waals surface area contributed by atoms with Crippen molar-refractivity contribution in [3.05, 3.63) is 59.4 Å².